The number of aryl methyl sites for hydroxylation is 2. The maximum absolute atomic E-state index is 12.9. The molecule has 1 amide bonds. The highest BCUT2D eigenvalue weighted by Gasteiger charge is 2.23. The summed E-state index contributed by atoms with van der Waals surface area (Å²) in [4.78, 5) is 25.4. The van der Waals surface area contributed by atoms with Crippen molar-refractivity contribution in [3.63, 3.8) is 0 Å². The summed E-state index contributed by atoms with van der Waals surface area (Å²) >= 11 is 8.57. The first-order chi connectivity index (χ1) is 18.3. The molecule has 0 spiro atoms. The molecular weight excluding hydrogens is 544 g/mol. The van der Waals surface area contributed by atoms with Crippen LogP contribution in [0.3, 0.4) is 0 Å². The molecule has 0 aliphatic rings. The Kier molecular flexibility index (Phi) is 9.09. The van der Waals surface area contributed by atoms with Gasteiger partial charge in [-0.25, -0.2) is 4.79 Å². The van der Waals surface area contributed by atoms with E-state index in [0.29, 0.717) is 33.1 Å². The molecule has 0 atom stereocenters. The van der Waals surface area contributed by atoms with Gasteiger partial charge in [-0.15, -0.1) is 21.5 Å². The molecule has 0 saturated heterocycles. The van der Waals surface area contributed by atoms with Crippen LogP contribution in [0.15, 0.2) is 53.0 Å². The SMILES string of the molecule is CCn1c(COc2ccc(Cl)cc2C)nnc1SCC(=O)Nc1scc(-c2ccc(C)cc2)c1C(=O)OC. The number of nitrogens with one attached hydrogen (secondary N) is 1. The number of amides is 1. The van der Waals surface area contributed by atoms with Gasteiger partial charge in [0.2, 0.25) is 5.91 Å². The first-order valence-corrected chi connectivity index (χ1v) is 14.1. The van der Waals surface area contributed by atoms with E-state index in [4.69, 9.17) is 21.1 Å². The van der Waals surface area contributed by atoms with Crippen LogP contribution < -0.4 is 10.1 Å². The summed E-state index contributed by atoms with van der Waals surface area (Å²) in [5.41, 5.74) is 3.98. The standard InChI is InChI=1S/C27H27ClN4O4S2/c1-5-32-22(13-36-21-11-10-19(28)12-17(21)3)30-31-27(32)38-15-23(33)29-25-24(26(34)35-4)20(14-37-25)18-8-6-16(2)7-9-18/h6-12,14H,5,13,15H2,1-4H3,(H,29,33). The van der Waals surface area contributed by atoms with Gasteiger partial charge >= 0.3 is 5.97 Å². The Morgan fingerprint density at radius 2 is 1.89 bits per heavy atom. The van der Waals surface area contributed by atoms with E-state index >= 15 is 0 Å². The first kappa shape index (κ1) is 27.7. The zero-order valence-electron chi connectivity index (χ0n) is 21.4. The number of hydrogen-bond acceptors (Lipinski definition) is 8. The zero-order valence-corrected chi connectivity index (χ0v) is 23.8. The number of thioether (sulfide) groups is 1. The highest BCUT2D eigenvalue weighted by molar-refractivity contribution is 7.99. The molecule has 0 bridgehead atoms. The van der Waals surface area contributed by atoms with Crippen LogP contribution in [0.1, 0.15) is 34.2 Å². The van der Waals surface area contributed by atoms with Gasteiger partial charge in [0, 0.05) is 22.5 Å². The van der Waals surface area contributed by atoms with Gasteiger partial charge in [-0.3, -0.25) is 4.79 Å². The minimum absolute atomic E-state index is 0.0909. The third kappa shape index (κ3) is 6.38. The second-order valence-corrected chi connectivity index (χ2v) is 10.6. The van der Waals surface area contributed by atoms with Gasteiger partial charge in [0.25, 0.3) is 0 Å². The van der Waals surface area contributed by atoms with E-state index in [2.05, 4.69) is 15.5 Å². The van der Waals surface area contributed by atoms with Gasteiger partial charge in [-0.1, -0.05) is 53.2 Å². The van der Waals surface area contributed by atoms with Crippen LogP contribution in [0.5, 0.6) is 5.75 Å². The highest BCUT2D eigenvalue weighted by atomic mass is 35.5. The number of carbonyl (C=O) groups is 2. The Morgan fingerprint density at radius 1 is 1.13 bits per heavy atom. The number of ether oxygens (including phenoxy) is 2. The number of esters is 1. The summed E-state index contributed by atoms with van der Waals surface area (Å²) in [6, 6.07) is 13.3. The van der Waals surface area contributed by atoms with E-state index in [9.17, 15) is 9.59 Å². The lowest BCUT2D eigenvalue weighted by molar-refractivity contribution is -0.113. The van der Waals surface area contributed by atoms with Gasteiger partial charge in [0.1, 0.15) is 22.9 Å². The molecule has 0 saturated carbocycles. The van der Waals surface area contributed by atoms with Crippen molar-refractivity contribution < 1.29 is 19.1 Å². The lowest BCUT2D eigenvalue weighted by atomic mass is 10.0. The summed E-state index contributed by atoms with van der Waals surface area (Å²) < 4.78 is 12.8. The van der Waals surface area contributed by atoms with Crippen LogP contribution in [0.4, 0.5) is 5.00 Å². The number of aromatic nitrogens is 3. The smallest absolute Gasteiger partial charge is 0.341 e. The van der Waals surface area contributed by atoms with Crippen molar-refractivity contribution in [1.82, 2.24) is 14.8 Å². The molecule has 11 heteroatoms. The molecule has 2 heterocycles. The molecule has 0 aliphatic heterocycles. The molecule has 38 heavy (non-hydrogen) atoms. The van der Waals surface area contributed by atoms with Crippen molar-refractivity contribution >= 4 is 51.6 Å². The number of nitrogens with zero attached hydrogens (tertiary/aromatic N) is 3. The Balaban J connectivity index is 1.43. The van der Waals surface area contributed by atoms with Crippen molar-refractivity contribution in [2.24, 2.45) is 0 Å². The van der Waals surface area contributed by atoms with Gasteiger partial charge in [-0.2, -0.15) is 0 Å². The topological polar surface area (TPSA) is 95.3 Å². The Labute approximate surface area is 234 Å². The maximum atomic E-state index is 12.9. The lowest BCUT2D eigenvalue weighted by Gasteiger charge is -2.11. The molecule has 2 aromatic carbocycles. The van der Waals surface area contributed by atoms with Gasteiger partial charge in [-0.05, 0) is 50.1 Å². The van der Waals surface area contributed by atoms with Crippen LogP contribution >= 0.6 is 34.7 Å². The molecule has 2 aromatic heterocycles. The molecule has 0 radical (unpaired) electrons. The Morgan fingerprint density at radius 3 is 2.58 bits per heavy atom. The second-order valence-electron chi connectivity index (χ2n) is 8.39. The van der Waals surface area contributed by atoms with E-state index in [1.165, 1.54) is 30.2 Å². The van der Waals surface area contributed by atoms with Crippen molar-refractivity contribution in [1.29, 1.82) is 0 Å². The quantitative estimate of drug-likeness (QED) is 0.174. The average Bonchev–Trinajstić information content (AvgIpc) is 3.50. The predicted octanol–water partition coefficient (Wildman–Crippen LogP) is 6.39. The second kappa shape index (κ2) is 12.5. The van der Waals surface area contributed by atoms with Crippen molar-refractivity contribution in [3.8, 4) is 16.9 Å². The van der Waals surface area contributed by atoms with E-state index in [0.717, 1.165) is 28.0 Å². The van der Waals surface area contributed by atoms with E-state index in [1.807, 2.05) is 67.1 Å². The predicted molar refractivity (Wildman–Crippen MR) is 151 cm³/mol. The molecule has 4 aromatic rings. The third-order valence-corrected chi connectivity index (χ3v) is 7.83. The fourth-order valence-corrected chi connectivity index (χ4v) is 5.78. The largest absolute Gasteiger partial charge is 0.485 e. The van der Waals surface area contributed by atoms with Crippen LogP contribution in [-0.2, 0) is 22.7 Å². The van der Waals surface area contributed by atoms with Crippen LogP contribution in [0, 0.1) is 13.8 Å². The molecule has 1 N–H and O–H groups in total. The van der Waals surface area contributed by atoms with Gasteiger partial charge < -0.3 is 19.4 Å². The van der Waals surface area contributed by atoms with Gasteiger partial charge in [0.15, 0.2) is 11.0 Å². The molecular formula is C27H27ClN4O4S2. The monoisotopic (exact) mass is 570 g/mol. The molecule has 198 valence electrons. The summed E-state index contributed by atoms with van der Waals surface area (Å²) in [7, 11) is 1.33. The molecule has 8 nitrogen and oxygen atoms in total. The lowest BCUT2D eigenvalue weighted by Crippen LogP contribution is -2.16. The first-order valence-electron chi connectivity index (χ1n) is 11.8. The Bertz CT molecular complexity index is 1450. The summed E-state index contributed by atoms with van der Waals surface area (Å²) in [5, 5.41) is 14.9. The zero-order chi connectivity index (χ0) is 27.2. The number of methoxy groups -OCH3 is 1. The van der Waals surface area contributed by atoms with Crippen molar-refractivity contribution in [2.75, 3.05) is 18.2 Å². The van der Waals surface area contributed by atoms with Crippen LogP contribution in [0.25, 0.3) is 11.1 Å². The number of halogens is 1. The number of carbonyl (C=O) groups excluding carboxylic acids is 2. The molecule has 0 fully saturated rings. The van der Waals surface area contributed by atoms with Crippen LogP contribution in [0.2, 0.25) is 5.02 Å². The molecule has 4 rings (SSSR count). The minimum atomic E-state index is -0.504. The summed E-state index contributed by atoms with van der Waals surface area (Å²) in [6.07, 6.45) is 0. The summed E-state index contributed by atoms with van der Waals surface area (Å²) in [5.74, 6) is 0.691. The Hall–Kier alpha value is -3.34. The number of benzene rings is 2. The third-order valence-electron chi connectivity index (χ3n) is 5.73. The number of rotatable bonds is 10. The van der Waals surface area contributed by atoms with E-state index in [1.54, 1.807) is 6.07 Å². The fraction of sp³-hybridized carbons (Fsp3) is 0.259. The number of anilines is 1. The average molecular weight is 571 g/mol. The van der Waals surface area contributed by atoms with Crippen LogP contribution in [-0.4, -0.2) is 39.5 Å². The number of thiophene rings is 1. The van der Waals surface area contributed by atoms with Crippen molar-refractivity contribution in [2.45, 2.75) is 39.1 Å². The molecule has 0 aliphatic carbocycles. The minimum Gasteiger partial charge on any atom is -0.485 e. The molecule has 0 unspecified atom stereocenters. The normalized spacial score (nSPS) is 10.9. The number of hydrogen-bond donors (Lipinski definition) is 1. The summed E-state index contributed by atoms with van der Waals surface area (Å²) in [6.45, 7) is 6.75. The van der Waals surface area contributed by atoms with Crippen molar-refractivity contribution in [3.05, 3.63) is 75.4 Å². The van der Waals surface area contributed by atoms with E-state index in [-0.39, 0.29) is 18.3 Å². The fourth-order valence-electron chi connectivity index (χ4n) is 3.76. The maximum Gasteiger partial charge on any atom is 0.341 e. The van der Waals surface area contributed by atoms with Gasteiger partial charge in [0.05, 0.1) is 12.9 Å². The van der Waals surface area contributed by atoms with E-state index < -0.39 is 5.97 Å². The highest BCUT2D eigenvalue weighted by Crippen LogP contribution is 2.36.